The van der Waals surface area contributed by atoms with Gasteiger partial charge >= 0.3 is 6.18 Å². The zero-order chi connectivity index (χ0) is 15.2. The molecule has 0 aromatic heterocycles. The van der Waals surface area contributed by atoms with E-state index in [-0.39, 0.29) is 5.75 Å². The van der Waals surface area contributed by atoms with E-state index in [9.17, 15) is 13.2 Å². The van der Waals surface area contributed by atoms with Crippen molar-refractivity contribution in [3.05, 3.63) is 59.7 Å². The van der Waals surface area contributed by atoms with Crippen LogP contribution in [0.2, 0.25) is 0 Å². The highest BCUT2D eigenvalue weighted by Gasteiger charge is 2.30. The molecule has 4 heteroatoms. The van der Waals surface area contributed by atoms with Crippen molar-refractivity contribution >= 4 is 0 Å². The number of ether oxygens (including phenoxy) is 1. The van der Waals surface area contributed by atoms with E-state index in [2.05, 4.69) is 0 Å². The molecule has 0 fully saturated rings. The van der Waals surface area contributed by atoms with Crippen molar-refractivity contribution in [2.24, 2.45) is 0 Å². The second-order valence-electron chi connectivity index (χ2n) is 3.94. The minimum Gasteiger partial charge on any atom is -0.457 e. The van der Waals surface area contributed by atoms with Crippen LogP contribution in [-0.2, 0) is 6.18 Å². The Morgan fingerprint density at radius 3 is 2.00 bits per heavy atom. The van der Waals surface area contributed by atoms with E-state index in [4.69, 9.17) is 4.74 Å². The van der Waals surface area contributed by atoms with Crippen molar-refractivity contribution in [1.82, 2.24) is 0 Å². The van der Waals surface area contributed by atoms with Crippen molar-refractivity contribution < 1.29 is 17.9 Å². The van der Waals surface area contributed by atoms with E-state index in [1.807, 2.05) is 32.9 Å². The Morgan fingerprint density at radius 1 is 0.850 bits per heavy atom. The van der Waals surface area contributed by atoms with Crippen molar-refractivity contribution in [3.63, 3.8) is 0 Å². The second-order valence-corrected chi connectivity index (χ2v) is 3.94. The number of hydrogen-bond donors (Lipinski definition) is 0. The van der Waals surface area contributed by atoms with Gasteiger partial charge in [-0.25, -0.2) is 0 Å². The first-order valence-corrected chi connectivity index (χ1v) is 6.37. The molecule has 2 aromatic rings. The monoisotopic (exact) mass is 282 g/mol. The summed E-state index contributed by atoms with van der Waals surface area (Å²) in [6.07, 6.45) is -4.35. The molecule has 0 saturated carbocycles. The van der Waals surface area contributed by atoms with E-state index >= 15 is 0 Å². The SMILES string of the molecule is CC.Cc1ccc(Oc2cccc(C(F)(F)F)c2)cc1. The van der Waals surface area contributed by atoms with E-state index < -0.39 is 11.7 Å². The van der Waals surface area contributed by atoms with Crippen LogP contribution in [0.5, 0.6) is 11.5 Å². The van der Waals surface area contributed by atoms with E-state index in [0.717, 1.165) is 17.7 Å². The summed E-state index contributed by atoms with van der Waals surface area (Å²) in [4.78, 5) is 0. The van der Waals surface area contributed by atoms with E-state index in [0.29, 0.717) is 5.75 Å². The first-order valence-electron chi connectivity index (χ1n) is 6.37. The lowest BCUT2D eigenvalue weighted by molar-refractivity contribution is -0.137. The average Bonchev–Trinajstić information content (AvgIpc) is 2.43. The van der Waals surface area contributed by atoms with Gasteiger partial charge in [0.2, 0.25) is 0 Å². The summed E-state index contributed by atoms with van der Waals surface area (Å²) in [6, 6.07) is 11.9. The number of alkyl halides is 3. The molecule has 0 radical (unpaired) electrons. The quantitative estimate of drug-likeness (QED) is 0.673. The predicted molar refractivity (Wildman–Crippen MR) is 74.0 cm³/mol. The summed E-state index contributed by atoms with van der Waals surface area (Å²) in [7, 11) is 0. The molecule has 0 amide bonds. The van der Waals surface area contributed by atoms with Gasteiger partial charge in [0.15, 0.2) is 0 Å². The van der Waals surface area contributed by atoms with Crippen molar-refractivity contribution in [3.8, 4) is 11.5 Å². The van der Waals surface area contributed by atoms with Gasteiger partial charge in [-0.1, -0.05) is 37.6 Å². The average molecular weight is 282 g/mol. The van der Waals surface area contributed by atoms with Crippen LogP contribution >= 0.6 is 0 Å². The molecule has 0 heterocycles. The molecule has 0 aliphatic carbocycles. The fourth-order valence-corrected chi connectivity index (χ4v) is 1.48. The van der Waals surface area contributed by atoms with Crippen LogP contribution in [0, 0.1) is 6.92 Å². The second kappa shape index (κ2) is 6.98. The molecule has 0 spiro atoms. The van der Waals surface area contributed by atoms with Gasteiger partial charge in [-0.05, 0) is 37.3 Å². The molecule has 0 aliphatic heterocycles. The van der Waals surface area contributed by atoms with E-state index in [1.54, 1.807) is 12.1 Å². The van der Waals surface area contributed by atoms with E-state index in [1.165, 1.54) is 12.1 Å². The molecule has 2 aromatic carbocycles. The van der Waals surface area contributed by atoms with Crippen molar-refractivity contribution in [2.45, 2.75) is 26.9 Å². The molecule has 0 saturated heterocycles. The Kier molecular flexibility index (Phi) is 5.62. The van der Waals surface area contributed by atoms with Gasteiger partial charge in [-0.3, -0.25) is 0 Å². The molecule has 2 rings (SSSR count). The van der Waals surface area contributed by atoms with Gasteiger partial charge in [-0.15, -0.1) is 0 Å². The summed E-state index contributed by atoms with van der Waals surface area (Å²) < 4.78 is 42.9. The minimum absolute atomic E-state index is 0.175. The zero-order valence-electron chi connectivity index (χ0n) is 11.7. The maximum atomic E-state index is 12.5. The highest BCUT2D eigenvalue weighted by molar-refractivity contribution is 5.35. The Balaban J connectivity index is 0.000000956. The molecule has 0 unspecified atom stereocenters. The van der Waals surface area contributed by atoms with Gasteiger partial charge in [-0.2, -0.15) is 13.2 Å². The highest BCUT2D eigenvalue weighted by Crippen LogP contribution is 2.32. The largest absolute Gasteiger partial charge is 0.457 e. The molecular weight excluding hydrogens is 265 g/mol. The number of rotatable bonds is 2. The fraction of sp³-hybridized carbons (Fsp3) is 0.250. The molecule has 108 valence electrons. The molecule has 20 heavy (non-hydrogen) atoms. The fourth-order valence-electron chi connectivity index (χ4n) is 1.48. The van der Waals surface area contributed by atoms with Crippen LogP contribution < -0.4 is 4.74 Å². The number of halogens is 3. The lowest BCUT2D eigenvalue weighted by Gasteiger charge is -2.10. The van der Waals surface area contributed by atoms with Gasteiger partial charge in [0.05, 0.1) is 5.56 Å². The van der Waals surface area contributed by atoms with Gasteiger partial charge in [0, 0.05) is 0 Å². The lowest BCUT2D eigenvalue weighted by atomic mass is 10.2. The van der Waals surface area contributed by atoms with Gasteiger partial charge in [0.25, 0.3) is 0 Å². The summed E-state index contributed by atoms with van der Waals surface area (Å²) in [5, 5.41) is 0. The summed E-state index contributed by atoms with van der Waals surface area (Å²) >= 11 is 0. The third-order valence-electron chi connectivity index (χ3n) is 2.42. The predicted octanol–water partition coefficient (Wildman–Crippen LogP) is 5.83. The normalized spacial score (nSPS) is 10.5. The third-order valence-corrected chi connectivity index (χ3v) is 2.42. The van der Waals surface area contributed by atoms with Crippen LogP contribution in [0.25, 0.3) is 0 Å². The number of hydrogen-bond acceptors (Lipinski definition) is 1. The van der Waals surface area contributed by atoms with Gasteiger partial charge in [0.1, 0.15) is 11.5 Å². The Hall–Kier alpha value is -1.97. The summed E-state index contributed by atoms with van der Waals surface area (Å²) in [5.41, 5.74) is 0.346. The number of benzene rings is 2. The van der Waals surface area contributed by atoms with Crippen LogP contribution in [0.1, 0.15) is 25.0 Å². The first kappa shape index (κ1) is 16.1. The van der Waals surface area contributed by atoms with Crippen LogP contribution in [0.3, 0.4) is 0 Å². The third kappa shape index (κ3) is 4.61. The van der Waals surface area contributed by atoms with Gasteiger partial charge < -0.3 is 4.74 Å². The maximum absolute atomic E-state index is 12.5. The standard InChI is InChI=1S/C14H11F3O.C2H6/c1-10-5-7-12(8-6-10)18-13-4-2-3-11(9-13)14(15,16)17;1-2/h2-9H,1H3;1-2H3. The van der Waals surface area contributed by atoms with Crippen LogP contribution in [-0.4, -0.2) is 0 Å². The maximum Gasteiger partial charge on any atom is 0.416 e. The molecular formula is C16H17F3O. The molecule has 0 atom stereocenters. The van der Waals surface area contributed by atoms with Crippen LogP contribution in [0.15, 0.2) is 48.5 Å². The molecule has 0 aliphatic rings. The summed E-state index contributed by atoms with van der Waals surface area (Å²) in [6.45, 7) is 5.92. The smallest absolute Gasteiger partial charge is 0.416 e. The zero-order valence-corrected chi connectivity index (χ0v) is 11.7. The van der Waals surface area contributed by atoms with Crippen molar-refractivity contribution in [2.75, 3.05) is 0 Å². The Morgan fingerprint density at radius 2 is 1.45 bits per heavy atom. The summed E-state index contributed by atoms with van der Waals surface area (Å²) in [5.74, 6) is 0.689. The Labute approximate surface area is 117 Å². The van der Waals surface area contributed by atoms with Crippen molar-refractivity contribution in [1.29, 1.82) is 0 Å². The Bertz CT molecular complexity index is 530. The highest BCUT2D eigenvalue weighted by atomic mass is 19.4. The van der Waals surface area contributed by atoms with Crippen LogP contribution in [0.4, 0.5) is 13.2 Å². The molecule has 0 bridgehead atoms. The lowest BCUT2D eigenvalue weighted by Crippen LogP contribution is -2.04. The molecule has 1 nitrogen and oxygen atoms in total. The number of aryl methyl sites for hydroxylation is 1. The molecule has 0 N–H and O–H groups in total. The first-order chi connectivity index (χ1) is 9.45. The minimum atomic E-state index is -4.35. The topological polar surface area (TPSA) is 9.23 Å².